The summed E-state index contributed by atoms with van der Waals surface area (Å²) in [6.45, 7) is 1.86. The first kappa shape index (κ1) is 12.7. The Morgan fingerprint density at radius 3 is 2.28 bits per heavy atom. The van der Waals surface area contributed by atoms with Crippen LogP contribution in [0.1, 0.15) is 24.5 Å². The first-order valence-electron chi connectivity index (χ1n) is 5.88. The molecule has 0 heterocycles. The minimum absolute atomic E-state index is 0.191. The lowest BCUT2D eigenvalue weighted by atomic mass is 9.81. The van der Waals surface area contributed by atoms with Gasteiger partial charge in [0, 0.05) is 5.56 Å². The lowest BCUT2D eigenvalue weighted by Crippen LogP contribution is -2.38. The summed E-state index contributed by atoms with van der Waals surface area (Å²) in [5, 5.41) is 0. The second-order valence-electron chi connectivity index (χ2n) is 4.29. The molecule has 0 fully saturated rings. The Balaban J connectivity index is 2.61. The van der Waals surface area contributed by atoms with Crippen LogP contribution in [-0.2, 0) is 5.54 Å². The third-order valence-electron chi connectivity index (χ3n) is 3.28. The molecule has 0 saturated carbocycles. The van der Waals surface area contributed by atoms with Crippen molar-refractivity contribution in [2.75, 3.05) is 0 Å². The third kappa shape index (κ3) is 2.02. The first-order valence-corrected chi connectivity index (χ1v) is 5.88. The molecule has 18 heavy (non-hydrogen) atoms. The lowest BCUT2D eigenvalue weighted by Gasteiger charge is -2.29. The van der Waals surface area contributed by atoms with Crippen molar-refractivity contribution in [3.05, 3.63) is 71.3 Å². The smallest absolute Gasteiger partial charge is 0.164 e. The van der Waals surface area contributed by atoms with Crippen LogP contribution in [0.4, 0.5) is 8.78 Å². The van der Waals surface area contributed by atoms with Crippen LogP contribution in [-0.4, -0.2) is 0 Å². The van der Waals surface area contributed by atoms with Crippen LogP contribution in [0, 0.1) is 11.6 Å². The number of rotatable bonds is 3. The van der Waals surface area contributed by atoms with Crippen molar-refractivity contribution in [3.8, 4) is 0 Å². The molecular weight excluding hydrogens is 232 g/mol. The topological polar surface area (TPSA) is 26.0 Å². The van der Waals surface area contributed by atoms with E-state index in [0.29, 0.717) is 6.42 Å². The summed E-state index contributed by atoms with van der Waals surface area (Å²) in [5.41, 5.74) is 6.26. The van der Waals surface area contributed by atoms with Gasteiger partial charge in [-0.05, 0) is 18.1 Å². The van der Waals surface area contributed by atoms with E-state index in [0.717, 1.165) is 11.6 Å². The number of hydrogen-bond donors (Lipinski definition) is 1. The molecule has 0 spiro atoms. The molecule has 2 N–H and O–H groups in total. The summed E-state index contributed by atoms with van der Waals surface area (Å²) in [6, 6.07) is 13.3. The Kier molecular flexibility index (Phi) is 3.43. The van der Waals surface area contributed by atoms with Gasteiger partial charge in [-0.3, -0.25) is 0 Å². The molecule has 0 bridgehead atoms. The lowest BCUT2D eigenvalue weighted by molar-refractivity contribution is 0.444. The summed E-state index contributed by atoms with van der Waals surface area (Å²) >= 11 is 0. The molecule has 0 aliphatic carbocycles. The van der Waals surface area contributed by atoms with Gasteiger partial charge in [0.15, 0.2) is 11.6 Å². The van der Waals surface area contributed by atoms with Gasteiger partial charge in [-0.1, -0.05) is 49.4 Å². The summed E-state index contributed by atoms with van der Waals surface area (Å²) in [5.74, 6) is -1.74. The van der Waals surface area contributed by atoms with Gasteiger partial charge in [0.05, 0.1) is 5.54 Å². The van der Waals surface area contributed by atoms with Crippen LogP contribution in [0.3, 0.4) is 0 Å². The summed E-state index contributed by atoms with van der Waals surface area (Å²) in [7, 11) is 0. The van der Waals surface area contributed by atoms with Crippen molar-refractivity contribution in [2.24, 2.45) is 5.73 Å². The number of hydrogen-bond acceptors (Lipinski definition) is 1. The van der Waals surface area contributed by atoms with Gasteiger partial charge >= 0.3 is 0 Å². The summed E-state index contributed by atoms with van der Waals surface area (Å²) in [4.78, 5) is 0. The van der Waals surface area contributed by atoms with E-state index in [1.54, 1.807) is 0 Å². The summed E-state index contributed by atoms with van der Waals surface area (Å²) in [6.07, 6.45) is 0.484. The van der Waals surface area contributed by atoms with Gasteiger partial charge in [0.25, 0.3) is 0 Å². The second kappa shape index (κ2) is 4.86. The van der Waals surface area contributed by atoms with Gasteiger partial charge < -0.3 is 5.73 Å². The normalized spacial score (nSPS) is 14.2. The highest BCUT2D eigenvalue weighted by atomic mass is 19.2. The third-order valence-corrected chi connectivity index (χ3v) is 3.28. The minimum atomic E-state index is -1.01. The minimum Gasteiger partial charge on any atom is -0.318 e. The zero-order valence-corrected chi connectivity index (χ0v) is 10.2. The Bertz CT molecular complexity index is 539. The molecule has 1 nitrogen and oxygen atoms in total. The van der Waals surface area contributed by atoms with Gasteiger partial charge in [-0.25, -0.2) is 8.78 Å². The maximum Gasteiger partial charge on any atom is 0.164 e. The van der Waals surface area contributed by atoms with Gasteiger partial charge in [0.1, 0.15) is 0 Å². The Hall–Kier alpha value is -1.74. The molecule has 1 unspecified atom stereocenters. The van der Waals surface area contributed by atoms with E-state index in [1.807, 2.05) is 37.3 Å². The van der Waals surface area contributed by atoms with E-state index in [4.69, 9.17) is 5.73 Å². The first-order chi connectivity index (χ1) is 8.59. The number of halogens is 2. The van der Waals surface area contributed by atoms with Crippen molar-refractivity contribution in [1.29, 1.82) is 0 Å². The standard InChI is InChI=1S/C15H15F2N/c1-2-15(18,11-7-4-3-5-8-11)12-9-6-10-13(16)14(12)17/h3-10H,2,18H2,1H3. The number of benzene rings is 2. The Labute approximate surface area is 105 Å². The Morgan fingerprint density at radius 2 is 1.67 bits per heavy atom. The monoisotopic (exact) mass is 247 g/mol. The van der Waals surface area contributed by atoms with Crippen LogP contribution in [0.5, 0.6) is 0 Å². The summed E-state index contributed by atoms with van der Waals surface area (Å²) < 4.78 is 27.2. The highest BCUT2D eigenvalue weighted by Crippen LogP contribution is 2.32. The molecule has 2 aromatic rings. The molecule has 0 aliphatic heterocycles. The molecule has 0 amide bonds. The molecule has 2 rings (SSSR count). The van der Waals surface area contributed by atoms with Crippen LogP contribution in [0.15, 0.2) is 48.5 Å². The van der Waals surface area contributed by atoms with Crippen molar-refractivity contribution in [2.45, 2.75) is 18.9 Å². The van der Waals surface area contributed by atoms with Crippen molar-refractivity contribution in [3.63, 3.8) is 0 Å². The fourth-order valence-electron chi connectivity index (χ4n) is 2.13. The predicted molar refractivity (Wildman–Crippen MR) is 68.1 cm³/mol. The van der Waals surface area contributed by atoms with Crippen LogP contribution in [0.25, 0.3) is 0 Å². The zero-order valence-electron chi connectivity index (χ0n) is 10.2. The molecule has 0 aliphatic rings. The molecular formula is C15H15F2N. The maximum atomic E-state index is 13.9. The quantitative estimate of drug-likeness (QED) is 0.881. The fourth-order valence-corrected chi connectivity index (χ4v) is 2.13. The van der Waals surface area contributed by atoms with Crippen molar-refractivity contribution in [1.82, 2.24) is 0 Å². The molecule has 0 saturated heterocycles. The predicted octanol–water partition coefficient (Wildman–Crippen LogP) is 3.58. The van der Waals surface area contributed by atoms with Gasteiger partial charge in [-0.15, -0.1) is 0 Å². The SMILES string of the molecule is CCC(N)(c1ccccc1)c1cccc(F)c1F. The van der Waals surface area contributed by atoms with E-state index < -0.39 is 17.2 Å². The molecule has 0 radical (unpaired) electrons. The van der Waals surface area contributed by atoms with Crippen LogP contribution >= 0.6 is 0 Å². The Morgan fingerprint density at radius 1 is 1.00 bits per heavy atom. The molecule has 94 valence electrons. The molecule has 1 atom stereocenters. The zero-order chi connectivity index (χ0) is 13.2. The average molecular weight is 247 g/mol. The van der Waals surface area contributed by atoms with Crippen LogP contribution < -0.4 is 5.73 Å². The maximum absolute atomic E-state index is 13.9. The van der Waals surface area contributed by atoms with Gasteiger partial charge in [-0.2, -0.15) is 0 Å². The fraction of sp³-hybridized carbons (Fsp3) is 0.200. The second-order valence-corrected chi connectivity index (χ2v) is 4.29. The van der Waals surface area contributed by atoms with E-state index in [2.05, 4.69) is 0 Å². The van der Waals surface area contributed by atoms with Crippen molar-refractivity contribution >= 4 is 0 Å². The average Bonchev–Trinajstić information content (AvgIpc) is 2.42. The number of nitrogens with two attached hydrogens (primary N) is 1. The van der Waals surface area contributed by atoms with E-state index >= 15 is 0 Å². The van der Waals surface area contributed by atoms with Gasteiger partial charge in [0.2, 0.25) is 0 Å². The van der Waals surface area contributed by atoms with E-state index in [1.165, 1.54) is 12.1 Å². The molecule has 2 aromatic carbocycles. The highest BCUT2D eigenvalue weighted by molar-refractivity contribution is 5.38. The largest absolute Gasteiger partial charge is 0.318 e. The van der Waals surface area contributed by atoms with E-state index in [-0.39, 0.29) is 5.56 Å². The van der Waals surface area contributed by atoms with Crippen molar-refractivity contribution < 1.29 is 8.78 Å². The van der Waals surface area contributed by atoms with Crippen LogP contribution in [0.2, 0.25) is 0 Å². The molecule has 0 aromatic heterocycles. The van der Waals surface area contributed by atoms with E-state index in [9.17, 15) is 8.78 Å². The highest BCUT2D eigenvalue weighted by Gasteiger charge is 2.31. The molecule has 3 heteroatoms.